The Bertz CT molecular complexity index is 595. The number of hydrogen-bond acceptors (Lipinski definition) is 4. The Hall–Kier alpha value is -0.750. The highest BCUT2D eigenvalue weighted by Gasteiger charge is 2.21. The Morgan fingerprint density at radius 2 is 2.30 bits per heavy atom. The number of rotatable bonds is 6. The molecular weight excluding hydrogens is 336 g/mol. The second-order valence-electron chi connectivity index (χ2n) is 4.99. The molecule has 20 heavy (non-hydrogen) atoms. The maximum atomic E-state index is 5.27. The van der Waals surface area contributed by atoms with Crippen LogP contribution in [0.25, 0.3) is 10.6 Å². The molecule has 2 aromatic rings. The van der Waals surface area contributed by atoms with E-state index in [2.05, 4.69) is 33.4 Å². The number of benzene rings is 1. The highest BCUT2D eigenvalue weighted by molar-refractivity contribution is 9.10. The van der Waals surface area contributed by atoms with Gasteiger partial charge in [0, 0.05) is 34.6 Å². The maximum absolute atomic E-state index is 5.27. The van der Waals surface area contributed by atoms with Crippen molar-refractivity contribution < 1.29 is 4.74 Å². The van der Waals surface area contributed by atoms with Gasteiger partial charge in [0.25, 0.3) is 0 Å². The van der Waals surface area contributed by atoms with Gasteiger partial charge in [-0.05, 0) is 25.0 Å². The predicted octanol–water partition coefficient (Wildman–Crippen LogP) is 3.97. The van der Waals surface area contributed by atoms with Crippen LogP contribution in [0.15, 0.2) is 28.7 Å². The third-order valence-corrected chi connectivity index (χ3v) is 4.90. The average Bonchev–Trinajstić information content (AvgIpc) is 3.18. The normalized spacial score (nSPS) is 14.7. The van der Waals surface area contributed by atoms with Crippen LogP contribution < -0.4 is 5.32 Å². The summed E-state index contributed by atoms with van der Waals surface area (Å²) < 4.78 is 6.35. The van der Waals surface area contributed by atoms with Crippen molar-refractivity contribution >= 4 is 27.3 Å². The molecule has 1 heterocycles. The molecule has 0 bridgehead atoms. The molecular formula is C15H17BrN2OS. The number of aromatic nitrogens is 1. The van der Waals surface area contributed by atoms with E-state index in [0.717, 1.165) is 27.3 Å². The minimum atomic E-state index is 0.576. The van der Waals surface area contributed by atoms with Gasteiger partial charge in [-0.1, -0.05) is 28.1 Å². The van der Waals surface area contributed by atoms with E-state index in [0.29, 0.717) is 12.6 Å². The number of thiazole rings is 1. The van der Waals surface area contributed by atoms with Crippen LogP contribution >= 0.6 is 27.3 Å². The SMILES string of the molecule is COCc1nc(-c2cccc(Br)c2)sc1CNC1CC1. The summed E-state index contributed by atoms with van der Waals surface area (Å²) >= 11 is 5.27. The Kier molecular flexibility index (Phi) is 4.51. The quantitative estimate of drug-likeness (QED) is 0.853. The zero-order valence-corrected chi connectivity index (χ0v) is 13.8. The number of hydrogen-bond donors (Lipinski definition) is 1. The van der Waals surface area contributed by atoms with E-state index in [-0.39, 0.29) is 0 Å². The Morgan fingerprint density at radius 3 is 3.00 bits per heavy atom. The molecule has 0 aliphatic heterocycles. The van der Waals surface area contributed by atoms with Crippen LogP contribution in [0.1, 0.15) is 23.4 Å². The summed E-state index contributed by atoms with van der Waals surface area (Å²) in [5.74, 6) is 0. The standard InChI is InChI=1S/C15H17BrN2OS/c1-19-9-13-14(8-17-12-5-6-12)20-15(18-13)10-3-2-4-11(16)7-10/h2-4,7,12,17H,5-6,8-9H2,1H3. The van der Waals surface area contributed by atoms with Crippen LogP contribution in [0.4, 0.5) is 0 Å². The fraction of sp³-hybridized carbons (Fsp3) is 0.400. The highest BCUT2D eigenvalue weighted by Crippen LogP contribution is 2.31. The summed E-state index contributed by atoms with van der Waals surface area (Å²) in [6.45, 7) is 1.47. The molecule has 106 valence electrons. The smallest absolute Gasteiger partial charge is 0.124 e. The van der Waals surface area contributed by atoms with Gasteiger partial charge in [-0.2, -0.15) is 0 Å². The Morgan fingerprint density at radius 1 is 1.45 bits per heavy atom. The summed E-state index contributed by atoms with van der Waals surface area (Å²) in [5.41, 5.74) is 2.21. The average molecular weight is 353 g/mol. The minimum absolute atomic E-state index is 0.576. The van der Waals surface area contributed by atoms with Gasteiger partial charge in [0.2, 0.25) is 0 Å². The number of methoxy groups -OCH3 is 1. The van der Waals surface area contributed by atoms with E-state index in [1.165, 1.54) is 17.7 Å². The van der Waals surface area contributed by atoms with E-state index in [1.54, 1.807) is 18.4 Å². The van der Waals surface area contributed by atoms with E-state index in [9.17, 15) is 0 Å². The number of halogens is 1. The van der Waals surface area contributed by atoms with Gasteiger partial charge >= 0.3 is 0 Å². The van der Waals surface area contributed by atoms with Crippen molar-refractivity contribution in [1.29, 1.82) is 0 Å². The highest BCUT2D eigenvalue weighted by atomic mass is 79.9. The number of nitrogens with zero attached hydrogens (tertiary/aromatic N) is 1. The third-order valence-electron chi connectivity index (χ3n) is 3.26. The topological polar surface area (TPSA) is 34.1 Å². The lowest BCUT2D eigenvalue weighted by atomic mass is 10.2. The monoisotopic (exact) mass is 352 g/mol. The molecule has 0 saturated heterocycles. The van der Waals surface area contributed by atoms with Crippen molar-refractivity contribution in [2.45, 2.75) is 32.0 Å². The second-order valence-corrected chi connectivity index (χ2v) is 6.99. The molecule has 5 heteroatoms. The van der Waals surface area contributed by atoms with Gasteiger partial charge in [-0.25, -0.2) is 4.98 Å². The molecule has 1 aliphatic rings. The molecule has 3 nitrogen and oxygen atoms in total. The first-order valence-electron chi connectivity index (χ1n) is 6.73. The summed E-state index contributed by atoms with van der Waals surface area (Å²) in [6, 6.07) is 8.98. The van der Waals surface area contributed by atoms with Crippen LogP contribution in [0.5, 0.6) is 0 Å². The van der Waals surface area contributed by atoms with Crippen molar-refractivity contribution in [3.8, 4) is 10.6 Å². The second kappa shape index (κ2) is 6.35. The van der Waals surface area contributed by atoms with Gasteiger partial charge in [0.15, 0.2) is 0 Å². The molecule has 0 atom stereocenters. The first-order valence-corrected chi connectivity index (χ1v) is 8.34. The molecule has 0 amide bonds. The molecule has 3 rings (SSSR count). The molecule has 0 unspecified atom stereocenters. The van der Waals surface area contributed by atoms with Crippen molar-refractivity contribution in [1.82, 2.24) is 10.3 Å². The van der Waals surface area contributed by atoms with Crippen LogP contribution in [-0.4, -0.2) is 18.1 Å². The minimum Gasteiger partial charge on any atom is -0.378 e. The largest absolute Gasteiger partial charge is 0.378 e. The Balaban J connectivity index is 1.84. The number of ether oxygens (including phenoxy) is 1. The van der Waals surface area contributed by atoms with Crippen molar-refractivity contribution in [3.05, 3.63) is 39.3 Å². The van der Waals surface area contributed by atoms with Crippen molar-refractivity contribution in [2.75, 3.05) is 7.11 Å². The van der Waals surface area contributed by atoms with E-state index in [1.807, 2.05) is 12.1 Å². The number of nitrogens with one attached hydrogen (secondary N) is 1. The molecule has 1 N–H and O–H groups in total. The molecule has 1 aromatic heterocycles. The van der Waals surface area contributed by atoms with Crippen LogP contribution in [0, 0.1) is 0 Å². The van der Waals surface area contributed by atoms with Gasteiger partial charge in [0.05, 0.1) is 12.3 Å². The maximum Gasteiger partial charge on any atom is 0.124 e. The Labute approximate surface area is 131 Å². The van der Waals surface area contributed by atoms with Gasteiger partial charge < -0.3 is 10.1 Å². The third kappa shape index (κ3) is 3.47. The van der Waals surface area contributed by atoms with Crippen LogP contribution in [0.3, 0.4) is 0 Å². The summed E-state index contributed by atoms with van der Waals surface area (Å²) in [7, 11) is 1.72. The summed E-state index contributed by atoms with van der Waals surface area (Å²) in [4.78, 5) is 6.03. The van der Waals surface area contributed by atoms with Crippen LogP contribution in [-0.2, 0) is 17.9 Å². The predicted molar refractivity (Wildman–Crippen MR) is 85.8 cm³/mol. The van der Waals surface area contributed by atoms with Crippen molar-refractivity contribution in [3.63, 3.8) is 0 Å². The first kappa shape index (κ1) is 14.2. The molecule has 1 saturated carbocycles. The lowest BCUT2D eigenvalue weighted by molar-refractivity contribution is 0.181. The van der Waals surface area contributed by atoms with Crippen LogP contribution in [0.2, 0.25) is 0 Å². The van der Waals surface area contributed by atoms with E-state index < -0.39 is 0 Å². The fourth-order valence-corrected chi connectivity index (χ4v) is 3.45. The molecule has 1 aliphatic carbocycles. The van der Waals surface area contributed by atoms with Gasteiger partial charge in [-0.15, -0.1) is 11.3 Å². The fourth-order valence-electron chi connectivity index (χ4n) is 2.04. The summed E-state index contributed by atoms with van der Waals surface area (Å²) in [6.07, 6.45) is 2.60. The lowest BCUT2D eigenvalue weighted by Gasteiger charge is -2.02. The zero-order valence-electron chi connectivity index (χ0n) is 11.4. The van der Waals surface area contributed by atoms with Crippen molar-refractivity contribution in [2.24, 2.45) is 0 Å². The molecule has 0 spiro atoms. The van der Waals surface area contributed by atoms with Gasteiger partial charge in [0.1, 0.15) is 5.01 Å². The van der Waals surface area contributed by atoms with Gasteiger partial charge in [-0.3, -0.25) is 0 Å². The summed E-state index contributed by atoms with van der Waals surface area (Å²) in [5, 5.41) is 4.61. The van der Waals surface area contributed by atoms with E-state index >= 15 is 0 Å². The zero-order chi connectivity index (χ0) is 13.9. The first-order chi connectivity index (χ1) is 9.76. The van der Waals surface area contributed by atoms with E-state index in [4.69, 9.17) is 9.72 Å². The molecule has 1 fully saturated rings. The lowest BCUT2D eigenvalue weighted by Crippen LogP contribution is -2.15. The molecule has 1 aromatic carbocycles. The molecule has 0 radical (unpaired) electrons.